The summed E-state index contributed by atoms with van der Waals surface area (Å²) in [4.78, 5) is 4.36. The standard InChI is InChI=1S/C16H25NO/c1-11(2)15-8-5-12(3)9-16(15,18)14-7-6-13(4)17-10-14/h6-7,10-12,15,18H,5,8-9H2,1-4H3. The zero-order chi connectivity index (χ0) is 13.3. The fourth-order valence-corrected chi connectivity index (χ4v) is 3.43. The highest BCUT2D eigenvalue weighted by atomic mass is 16.3. The number of pyridine rings is 1. The molecule has 1 aromatic rings. The summed E-state index contributed by atoms with van der Waals surface area (Å²) >= 11 is 0. The summed E-state index contributed by atoms with van der Waals surface area (Å²) in [6.45, 7) is 8.65. The molecular formula is C16H25NO. The van der Waals surface area contributed by atoms with Gasteiger partial charge in [0.1, 0.15) is 0 Å². The molecule has 0 aromatic carbocycles. The second kappa shape index (κ2) is 5.00. The van der Waals surface area contributed by atoms with E-state index >= 15 is 0 Å². The van der Waals surface area contributed by atoms with E-state index in [1.165, 1.54) is 6.42 Å². The molecule has 1 fully saturated rings. The Morgan fingerprint density at radius 1 is 1.33 bits per heavy atom. The molecule has 0 aliphatic heterocycles. The SMILES string of the molecule is Cc1ccc(C2(O)CC(C)CCC2C(C)C)cn1. The van der Waals surface area contributed by atoms with Gasteiger partial charge in [-0.2, -0.15) is 0 Å². The van der Waals surface area contributed by atoms with Crippen LogP contribution in [0.2, 0.25) is 0 Å². The van der Waals surface area contributed by atoms with Crippen LogP contribution in [0.15, 0.2) is 18.3 Å². The lowest BCUT2D eigenvalue weighted by Crippen LogP contribution is -2.43. The van der Waals surface area contributed by atoms with Crippen LogP contribution in [0, 0.1) is 24.7 Å². The molecule has 2 rings (SSSR count). The Kier molecular flexibility index (Phi) is 3.76. The third-order valence-electron chi connectivity index (χ3n) is 4.46. The van der Waals surface area contributed by atoms with Crippen molar-refractivity contribution in [1.82, 2.24) is 4.98 Å². The lowest BCUT2D eigenvalue weighted by atomic mass is 9.64. The molecule has 0 spiro atoms. The van der Waals surface area contributed by atoms with Gasteiger partial charge in [0, 0.05) is 17.5 Å². The third kappa shape index (κ3) is 2.44. The van der Waals surface area contributed by atoms with E-state index in [9.17, 15) is 5.11 Å². The third-order valence-corrected chi connectivity index (χ3v) is 4.46. The molecule has 100 valence electrons. The van der Waals surface area contributed by atoms with Crippen LogP contribution in [-0.4, -0.2) is 10.1 Å². The quantitative estimate of drug-likeness (QED) is 0.865. The van der Waals surface area contributed by atoms with Crippen LogP contribution in [0.3, 0.4) is 0 Å². The van der Waals surface area contributed by atoms with E-state index in [4.69, 9.17) is 0 Å². The molecule has 3 atom stereocenters. The summed E-state index contributed by atoms with van der Waals surface area (Å²) in [5, 5.41) is 11.2. The van der Waals surface area contributed by atoms with Gasteiger partial charge in [0.15, 0.2) is 0 Å². The molecule has 0 bridgehead atoms. The average molecular weight is 247 g/mol. The van der Waals surface area contributed by atoms with Crippen molar-refractivity contribution < 1.29 is 5.11 Å². The summed E-state index contributed by atoms with van der Waals surface area (Å²) in [6, 6.07) is 4.06. The minimum atomic E-state index is -0.688. The van der Waals surface area contributed by atoms with Crippen LogP contribution in [0.5, 0.6) is 0 Å². The van der Waals surface area contributed by atoms with Crippen LogP contribution in [0.25, 0.3) is 0 Å². The van der Waals surface area contributed by atoms with Gasteiger partial charge in [-0.15, -0.1) is 0 Å². The second-order valence-electron chi connectivity index (χ2n) is 6.35. The first-order valence-corrected chi connectivity index (χ1v) is 7.09. The predicted molar refractivity (Wildman–Crippen MR) is 74.2 cm³/mol. The zero-order valence-corrected chi connectivity index (χ0v) is 12.0. The molecule has 1 aliphatic carbocycles. The highest BCUT2D eigenvalue weighted by molar-refractivity contribution is 5.23. The minimum Gasteiger partial charge on any atom is -0.385 e. The van der Waals surface area contributed by atoms with E-state index in [2.05, 4.69) is 31.8 Å². The van der Waals surface area contributed by atoms with E-state index in [-0.39, 0.29) is 0 Å². The number of rotatable bonds is 2. The van der Waals surface area contributed by atoms with Gasteiger partial charge in [-0.1, -0.05) is 33.3 Å². The molecule has 0 amide bonds. The van der Waals surface area contributed by atoms with E-state index in [0.717, 1.165) is 24.1 Å². The number of hydrogen-bond acceptors (Lipinski definition) is 2. The molecule has 1 N–H and O–H groups in total. The smallest absolute Gasteiger partial charge is 0.0944 e. The number of hydrogen-bond donors (Lipinski definition) is 1. The normalized spacial score (nSPS) is 32.8. The zero-order valence-electron chi connectivity index (χ0n) is 12.0. The number of aryl methyl sites for hydroxylation is 1. The van der Waals surface area contributed by atoms with Crippen molar-refractivity contribution >= 4 is 0 Å². The van der Waals surface area contributed by atoms with Gasteiger partial charge in [-0.05, 0) is 43.6 Å². The van der Waals surface area contributed by atoms with Crippen molar-refractivity contribution in [3.05, 3.63) is 29.6 Å². The van der Waals surface area contributed by atoms with Crippen molar-refractivity contribution in [2.24, 2.45) is 17.8 Å². The van der Waals surface area contributed by atoms with Gasteiger partial charge in [0.25, 0.3) is 0 Å². The van der Waals surface area contributed by atoms with Crippen LogP contribution in [0.1, 0.15) is 51.3 Å². The van der Waals surface area contributed by atoms with Gasteiger partial charge in [0.2, 0.25) is 0 Å². The molecule has 0 saturated heterocycles. The van der Waals surface area contributed by atoms with Gasteiger partial charge >= 0.3 is 0 Å². The Bertz CT molecular complexity index is 398. The highest BCUT2D eigenvalue weighted by Gasteiger charge is 2.44. The monoisotopic (exact) mass is 247 g/mol. The molecular weight excluding hydrogens is 222 g/mol. The Balaban J connectivity index is 2.37. The van der Waals surface area contributed by atoms with E-state index in [1.54, 1.807) is 0 Å². The largest absolute Gasteiger partial charge is 0.385 e. The molecule has 2 nitrogen and oxygen atoms in total. The van der Waals surface area contributed by atoms with Crippen molar-refractivity contribution in [2.75, 3.05) is 0 Å². The first-order valence-electron chi connectivity index (χ1n) is 7.09. The Labute approximate surface area is 110 Å². The van der Waals surface area contributed by atoms with Gasteiger partial charge in [-0.25, -0.2) is 0 Å². The van der Waals surface area contributed by atoms with Crippen LogP contribution < -0.4 is 0 Å². The highest BCUT2D eigenvalue weighted by Crippen LogP contribution is 2.46. The summed E-state index contributed by atoms with van der Waals surface area (Å²) in [6.07, 6.45) is 5.07. The van der Waals surface area contributed by atoms with E-state index in [1.807, 2.05) is 19.2 Å². The lowest BCUT2D eigenvalue weighted by Gasteiger charge is -2.45. The molecule has 2 heteroatoms. The van der Waals surface area contributed by atoms with Crippen molar-refractivity contribution in [2.45, 2.75) is 52.6 Å². The maximum absolute atomic E-state index is 11.2. The van der Waals surface area contributed by atoms with Gasteiger partial charge < -0.3 is 5.11 Å². The average Bonchev–Trinajstić information content (AvgIpc) is 2.28. The Morgan fingerprint density at radius 2 is 2.06 bits per heavy atom. The lowest BCUT2D eigenvalue weighted by molar-refractivity contribution is -0.0868. The van der Waals surface area contributed by atoms with Crippen molar-refractivity contribution in [1.29, 1.82) is 0 Å². The number of nitrogens with zero attached hydrogens (tertiary/aromatic N) is 1. The molecule has 1 saturated carbocycles. The van der Waals surface area contributed by atoms with Crippen molar-refractivity contribution in [3.8, 4) is 0 Å². The summed E-state index contributed by atoms with van der Waals surface area (Å²) < 4.78 is 0. The predicted octanol–water partition coefficient (Wildman–Crippen LogP) is 3.67. The Hall–Kier alpha value is -0.890. The second-order valence-corrected chi connectivity index (χ2v) is 6.35. The van der Waals surface area contributed by atoms with Gasteiger partial charge in [-0.3, -0.25) is 4.98 Å². The minimum absolute atomic E-state index is 0.346. The first kappa shape index (κ1) is 13.5. The van der Waals surface area contributed by atoms with E-state index < -0.39 is 5.60 Å². The fourth-order valence-electron chi connectivity index (χ4n) is 3.43. The van der Waals surface area contributed by atoms with E-state index in [0.29, 0.717) is 17.8 Å². The molecule has 1 heterocycles. The Morgan fingerprint density at radius 3 is 2.61 bits per heavy atom. The molecule has 1 aliphatic rings. The number of aliphatic hydroxyl groups is 1. The van der Waals surface area contributed by atoms with Crippen LogP contribution in [0.4, 0.5) is 0 Å². The summed E-state index contributed by atoms with van der Waals surface area (Å²) in [5.74, 6) is 1.44. The summed E-state index contributed by atoms with van der Waals surface area (Å²) in [5.41, 5.74) is 1.32. The first-order chi connectivity index (χ1) is 8.43. The molecule has 3 unspecified atom stereocenters. The van der Waals surface area contributed by atoms with Crippen LogP contribution >= 0.6 is 0 Å². The van der Waals surface area contributed by atoms with Gasteiger partial charge in [0.05, 0.1) is 5.60 Å². The summed E-state index contributed by atoms with van der Waals surface area (Å²) in [7, 11) is 0. The molecule has 0 radical (unpaired) electrons. The fraction of sp³-hybridized carbons (Fsp3) is 0.688. The topological polar surface area (TPSA) is 33.1 Å². The number of aromatic nitrogens is 1. The molecule has 1 aromatic heterocycles. The maximum Gasteiger partial charge on any atom is 0.0944 e. The van der Waals surface area contributed by atoms with Crippen LogP contribution in [-0.2, 0) is 5.60 Å². The maximum atomic E-state index is 11.2. The van der Waals surface area contributed by atoms with Crippen molar-refractivity contribution in [3.63, 3.8) is 0 Å². The molecule has 18 heavy (non-hydrogen) atoms.